The Hall–Kier alpha value is -0.900. The largest absolute Gasteiger partial charge is 0.347 e. The Balaban J connectivity index is 2.26. The Morgan fingerprint density at radius 2 is 2.14 bits per heavy atom. The Kier molecular flexibility index (Phi) is 4.07. The minimum atomic E-state index is -0.617. The van der Waals surface area contributed by atoms with Crippen molar-refractivity contribution in [3.05, 3.63) is 0 Å². The first kappa shape index (κ1) is 11.2. The first-order valence-electron chi connectivity index (χ1n) is 5.25. The van der Waals surface area contributed by atoms with E-state index in [1.54, 1.807) is 0 Å². The molecule has 0 saturated heterocycles. The highest BCUT2D eigenvalue weighted by Crippen LogP contribution is 2.18. The average molecular weight is 198 g/mol. The van der Waals surface area contributed by atoms with E-state index in [9.17, 15) is 9.59 Å². The molecule has 0 radical (unpaired) electrons. The Bertz CT molecular complexity index is 224. The maximum absolute atomic E-state index is 11.4. The number of carbonyl (C=O) groups is 2. The van der Waals surface area contributed by atoms with Gasteiger partial charge < -0.3 is 11.1 Å². The van der Waals surface area contributed by atoms with Gasteiger partial charge in [0.05, 0.1) is 6.04 Å². The summed E-state index contributed by atoms with van der Waals surface area (Å²) in [7, 11) is 0. The highest BCUT2D eigenvalue weighted by molar-refractivity contribution is 6.38. The van der Waals surface area contributed by atoms with Crippen LogP contribution in [0.3, 0.4) is 0 Å². The quantitative estimate of drug-likeness (QED) is 0.605. The number of nitrogens with one attached hydrogen (secondary N) is 1. The molecular formula is C10H18N2O2. The van der Waals surface area contributed by atoms with Crippen molar-refractivity contribution in [2.45, 2.75) is 51.1 Å². The Morgan fingerprint density at radius 1 is 1.50 bits per heavy atom. The summed E-state index contributed by atoms with van der Waals surface area (Å²) in [6, 6.07) is -0.390. The lowest BCUT2D eigenvalue weighted by atomic mass is 10.1. The molecule has 3 N–H and O–H groups in total. The van der Waals surface area contributed by atoms with Crippen LogP contribution in [0.25, 0.3) is 0 Å². The lowest BCUT2D eigenvalue weighted by Crippen LogP contribution is -2.43. The van der Waals surface area contributed by atoms with E-state index in [0.29, 0.717) is 6.42 Å². The van der Waals surface area contributed by atoms with E-state index in [4.69, 9.17) is 5.73 Å². The van der Waals surface area contributed by atoms with E-state index in [-0.39, 0.29) is 6.04 Å². The minimum Gasteiger partial charge on any atom is -0.347 e. The van der Waals surface area contributed by atoms with Gasteiger partial charge in [-0.15, -0.1) is 0 Å². The molecule has 1 rings (SSSR count). The van der Waals surface area contributed by atoms with Crippen molar-refractivity contribution in [2.75, 3.05) is 0 Å². The lowest BCUT2D eigenvalue weighted by Gasteiger charge is -2.09. The first-order chi connectivity index (χ1) is 6.65. The van der Waals surface area contributed by atoms with Gasteiger partial charge in [-0.05, 0) is 19.3 Å². The Labute approximate surface area is 84.2 Å². The van der Waals surface area contributed by atoms with Crippen LogP contribution >= 0.6 is 0 Å². The molecule has 4 nitrogen and oxygen atoms in total. The van der Waals surface area contributed by atoms with Gasteiger partial charge in [0, 0.05) is 6.04 Å². The van der Waals surface area contributed by atoms with Crippen molar-refractivity contribution in [3.63, 3.8) is 0 Å². The number of ketones is 1. The molecule has 1 saturated carbocycles. The van der Waals surface area contributed by atoms with Crippen LogP contribution in [0, 0.1) is 0 Å². The monoisotopic (exact) mass is 198 g/mol. The fourth-order valence-electron chi connectivity index (χ4n) is 1.21. The number of amides is 1. The third-order valence-electron chi connectivity index (χ3n) is 2.34. The predicted molar refractivity (Wildman–Crippen MR) is 53.7 cm³/mol. The van der Waals surface area contributed by atoms with Crippen molar-refractivity contribution in [2.24, 2.45) is 5.73 Å². The number of rotatable bonds is 6. The number of hydrogen-bond acceptors (Lipinski definition) is 3. The van der Waals surface area contributed by atoms with Gasteiger partial charge in [-0.1, -0.05) is 19.8 Å². The van der Waals surface area contributed by atoms with Crippen LogP contribution in [-0.2, 0) is 9.59 Å². The zero-order valence-electron chi connectivity index (χ0n) is 8.58. The SMILES string of the molecule is CCCC[C@@H](N)C(=O)C(=O)NC1CC1. The van der Waals surface area contributed by atoms with E-state index in [1.165, 1.54) is 0 Å². The van der Waals surface area contributed by atoms with Gasteiger partial charge in [0.2, 0.25) is 5.78 Å². The van der Waals surface area contributed by atoms with Crippen LogP contribution in [0.5, 0.6) is 0 Å². The van der Waals surface area contributed by atoms with Crippen LogP contribution in [0.15, 0.2) is 0 Å². The van der Waals surface area contributed by atoms with Crippen LogP contribution < -0.4 is 11.1 Å². The average Bonchev–Trinajstić information content (AvgIpc) is 2.96. The molecule has 0 aromatic heterocycles. The zero-order chi connectivity index (χ0) is 10.6. The van der Waals surface area contributed by atoms with Crippen molar-refractivity contribution in [1.82, 2.24) is 5.32 Å². The summed E-state index contributed by atoms with van der Waals surface area (Å²) >= 11 is 0. The van der Waals surface area contributed by atoms with Gasteiger partial charge in [-0.25, -0.2) is 0 Å². The Morgan fingerprint density at radius 3 is 2.64 bits per heavy atom. The molecule has 1 amide bonds. The summed E-state index contributed by atoms with van der Waals surface area (Å²) in [5.74, 6) is -0.971. The summed E-state index contributed by atoms with van der Waals surface area (Å²) in [5, 5.41) is 2.64. The standard InChI is InChI=1S/C10H18N2O2/c1-2-3-4-8(11)9(13)10(14)12-7-5-6-7/h7-8H,2-6,11H2,1H3,(H,12,14)/t8-/m1/s1. The first-order valence-corrected chi connectivity index (χ1v) is 5.25. The molecule has 1 atom stereocenters. The lowest BCUT2D eigenvalue weighted by molar-refractivity contribution is -0.138. The van der Waals surface area contributed by atoms with Gasteiger partial charge in [0.25, 0.3) is 5.91 Å². The number of nitrogens with two attached hydrogens (primary N) is 1. The molecule has 0 aliphatic heterocycles. The van der Waals surface area contributed by atoms with Crippen LogP contribution in [0.1, 0.15) is 39.0 Å². The molecule has 0 bridgehead atoms. The highest BCUT2D eigenvalue weighted by Gasteiger charge is 2.28. The van der Waals surface area contributed by atoms with Crippen molar-refractivity contribution >= 4 is 11.7 Å². The van der Waals surface area contributed by atoms with Gasteiger partial charge in [0.1, 0.15) is 0 Å². The van der Waals surface area contributed by atoms with E-state index < -0.39 is 17.7 Å². The van der Waals surface area contributed by atoms with Crippen LogP contribution in [0.2, 0.25) is 0 Å². The molecule has 1 aliphatic carbocycles. The summed E-state index contributed by atoms with van der Waals surface area (Å²) in [5.41, 5.74) is 5.59. The molecule has 0 heterocycles. The van der Waals surface area contributed by atoms with E-state index in [0.717, 1.165) is 25.7 Å². The third-order valence-corrected chi connectivity index (χ3v) is 2.34. The topological polar surface area (TPSA) is 72.2 Å². The number of hydrogen-bond donors (Lipinski definition) is 2. The summed E-state index contributed by atoms with van der Waals surface area (Å²) in [6.45, 7) is 2.03. The van der Waals surface area contributed by atoms with Crippen LogP contribution in [-0.4, -0.2) is 23.8 Å². The number of Topliss-reactive ketones (excluding diaryl/α,β-unsaturated/α-hetero) is 1. The van der Waals surface area contributed by atoms with Crippen molar-refractivity contribution in [1.29, 1.82) is 0 Å². The summed E-state index contributed by atoms with van der Waals surface area (Å²) < 4.78 is 0. The molecule has 4 heteroatoms. The van der Waals surface area contributed by atoms with E-state index >= 15 is 0 Å². The molecule has 0 unspecified atom stereocenters. The second kappa shape index (κ2) is 5.10. The van der Waals surface area contributed by atoms with E-state index in [1.807, 2.05) is 6.92 Å². The van der Waals surface area contributed by atoms with Crippen LogP contribution in [0.4, 0.5) is 0 Å². The van der Waals surface area contributed by atoms with Gasteiger partial charge in [0.15, 0.2) is 0 Å². The fraction of sp³-hybridized carbons (Fsp3) is 0.800. The second-order valence-electron chi connectivity index (χ2n) is 3.86. The molecule has 0 spiro atoms. The smallest absolute Gasteiger partial charge is 0.289 e. The molecule has 0 aromatic rings. The van der Waals surface area contributed by atoms with E-state index in [2.05, 4.69) is 5.32 Å². The maximum atomic E-state index is 11.4. The number of carbonyl (C=O) groups excluding carboxylic acids is 2. The number of unbranched alkanes of at least 4 members (excludes halogenated alkanes) is 1. The highest BCUT2D eigenvalue weighted by atomic mass is 16.2. The predicted octanol–water partition coefficient (Wildman–Crippen LogP) is 0.352. The van der Waals surface area contributed by atoms with Crippen molar-refractivity contribution < 1.29 is 9.59 Å². The molecule has 80 valence electrons. The summed E-state index contributed by atoms with van der Waals surface area (Å²) in [6.07, 6.45) is 4.47. The zero-order valence-corrected chi connectivity index (χ0v) is 8.58. The minimum absolute atomic E-state index is 0.227. The molecule has 1 fully saturated rings. The molecule has 0 aromatic carbocycles. The normalized spacial score (nSPS) is 17.6. The van der Waals surface area contributed by atoms with Gasteiger partial charge >= 0.3 is 0 Å². The van der Waals surface area contributed by atoms with Gasteiger partial charge in [-0.3, -0.25) is 9.59 Å². The van der Waals surface area contributed by atoms with Crippen molar-refractivity contribution in [3.8, 4) is 0 Å². The second-order valence-corrected chi connectivity index (χ2v) is 3.86. The molecular weight excluding hydrogens is 180 g/mol. The molecule has 1 aliphatic rings. The summed E-state index contributed by atoms with van der Waals surface area (Å²) in [4.78, 5) is 22.6. The fourth-order valence-corrected chi connectivity index (χ4v) is 1.21. The van der Waals surface area contributed by atoms with Gasteiger partial charge in [-0.2, -0.15) is 0 Å². The molecule has 14 heavy (non-hydrogen) atoms. The maximum Gasteiger partial charge on any atom is 0.289 e. The third kappa shape index (κ3) is 3.46.